The quantitative estimate of drug-likeness (QED) is 0.852. The van der Waals surface area contributed by atoms with Crippen molar-refractivity contribution in [3.63, 3.8) is 0 Å². The van der Waals surface area contributed by atoms with Crippen molar-refractivity contribution in [3.05, 3.63) is 59.2 Å². The van der Waals surface area contributed by atoms with Crippen LogP contribution >= 0.6 is 0 Å². The number of piperidine rings is 1. The molecule has 1 aliphatic carbocycles. The summed E-state index contributed by atoms with van der Waals surface area (Å²) in [5.41, 5.74) is 10.0. The topological polar surface area (TPSA) is 55.6 Å². The van der Waals surface area contributed by atoms with Crippen molar-refractivity contribution < 1.29 is 9.53 Å². The van der Waals surface area contributed by atoms with Crippen molar-refractivity contribution in [1.82, 2.24) is 4.90 Å². The van der Waals surface area contributed by atoms with Crippen molar-refractivity contribution >= 4 is 11.6 Å². The molecule has 2 atom stereocenters. The van der Waals surface area contributed by atoms with Crippen LogP contribution in [0.15, 0.2) is 42.5 Å². The summed E-state index contributed by atoms with van der Waals surface area (Å²) in [6, 6.07) is 14.3. The van der Waals surface area contributed by atoms with Crippen molar-refractivity contribution in [2.45, 2.75) is 37.6 Å². The molecule has 1 unspecified atom stereocenters. The average Bonchev–Trinajstić information content (AvgIpc) is 2.66. The Morgan fingerprint density at radius 2 is 2.04 bits per heavy atom. The maximum atomic E-state index is 13.1. The Morgan fingerprint density at radius 3 is 2.84 bits per heavy atom. The number of carbonyl (C=O) groups is 1. The van der Waals surface area contributed by atoms with Crippen molar-refractivity contribution in [2.75, 3.05) is 19.4 Å². The van der Waals surface area contributed by atoms with Gasteiger partial charge in [-0.15, -0.1) is 0 Å². The zero-order chi connectivity index (χ0) is 17.4. The number of aryl methyl sites for hydroxylation is 1. The van der Waals surface area contributed by atoms with Gasteiger partial charge < -0.3 is 15.4 Å². The van der Waals surface area contributed by atoms with E-state index in [-0.39, 0.29) is 5.91 Å². The van der Waals surface area contributed by atoms with Crippen LogP contribution in [-0.4, -0.2) is 30.5 Å². The number of carbonyl (C=O) groups excluding carboxylic acids is 1. The molecule has 2 aromatic carbocycles. The lowest BCUT2D eigenvalue weighted by Crippen LogP contribution is -2.49. The van der Waals surface area contributed by atoms with Gasteiger partial charge in [-0.25, -0.2) is 0 Å². The Hall–Kier alpha value is -2.49. The predicted molar refractivity (Wildman–Crippen MR) is 99.0 cm³/mol. The number of fused-ring (bicyclic) bond motifs is 3. The van der Waals surface area contributed by atoms with Crippen molar-refractivity contribution in [1.29, 1.82) is 0 Å². The lowest BCUT2D eigenvalue weighted by atomic mass is 9.74. The molecule has 0 bridgehead atoms. The predicted octanol–water partition coefficient (Wildman–Crippen LogP) is 3.61. The van der Waals surface area contributed by atoms with Gasteiger partial charge in [-0.1, -0.05) is 24.3 Å². The lowest BCUT2D eigenvalue weighted by Gasteiger charge is -2.45. The van der Waals surface area contributed by atoms with Gasteiger partial charge in [0.05, 0.1) is 12.8 Å². The van der Waals surface area contributed by atoms with Crippen LogP contribution in [0.25, 0.3) is 0 Å². The van der Waals surface area contributed by atoms with Gasteiger partial charge in [0.15, 0.2) is 0 Å². The van der Waals surface area contributed by atoms with E-state index < -0.39 is 0 Å². The highest BCUT2D eigenvalue weighted by Crippen LogP contribution is 2.41. The van der Waals surface area contributed by atoms with E-state index in [2.05, 4.69) is 29.2 Å². The molecule has 25 heavy (non-hydrogen) atoms. The standard InChI is InChI=1S/C21H24N2O2/c1-25-20-11-9-15(13-18(20)22)21(24)23-12-4-7-17-16-6-3-2-5-14(16)8-10-19(17)23/h2-3,5-6,9,11,13,17,19H,4,7-8,10,12,22H2,1H3/t17?,19-/m0/s1. The molecule has 2 N–H and O–H groups in total. The Balaban J connectivity index is 1.63. The maximum absolute atomic E-state index is 13.1. The van der Waals surface area contributed by atoms with Gasteiger partial charge >= 0.3 is 0 Å². The fraction of sp³-hybridized carbons (Fsp3) is 0.381. The highest BCUT2D eigenvalue weighted by atomic mass is 16.5. The van der Waals surface area contributed by atoms with Gasteiger partial charge in [0, 0.05) is 24.1 Å². The van der Waals surface area contributed by atoms with E-state index in [1.165, 1.54) is 11.1 Å². The number of nitrogens with two attached hydrogens (primary N) is 1. The average molecular weight is 336 g/mol. The summed E-state index contributed by atoms with van der Waals surface area (Å²) in [6.07, 6.45) is 4.30. The number of nitrogen functional groups attached to an aromatic ring is 1. The van der Waals surface area contributed by atoms with Crippen LogP contribution in [0.1, 0.15) is 46.7 Å². The van der Waals surface area contributed by atoms with Crippen LogP contribution in [0.5, 0.6) is 5.75 Å². The largest absolute Gasteiger partial charge is 0.495 e. The number of hydrogen-bond acceptors (Lipinski definition) is 3. The molecule has 1 heterocycles. The molecule has 4 nitrogen and oxygen atoms in total. The summed E-state index contributed by atoms with van der Waals surface area (Å²) in [5.74, 6) is 1.15. The minimum Gasteiger partial charge on any atom is -0.495 e. The Kier molecular flexibility index (Phi) is 4.12. The van der Waals surface area contributed by atoms with Crippen LogP contribution < -0.4 is 10.5 Å². The molecule has 0 aromatic heterocycles. The minimum atomic E-state index is 0.0865. The van der Waals surface area contributed by atoms with Crippen LogP contribution in [-0.2, 0) is 6.42 Å². The number of ether oxygens (including phenoxy) is 1. The minimum absolute atomic E-state index is 0.0865. The van der Waals surface area contributed by atoms with Crippen LogP contribution in [0.4, 0.5) is 5.69 Å². The van der Waals surface area contributed by atoms with Gasteiger partial charge in [-0.3, -0.25) is 4.79 Å². The van der Waals surface area contributed by atoms with Crippen LogP contribution in [0, 0.1) is 0 Å². The number of benzene rings is 2. The monoisotopic (exact) mass is 336 g/mol. The maximum Gasteiger partial charge on any atom is 0.254 e. The first-order valence-corrected chi connectivity index (χ1v) is 9.01. The molecule has 4 heteroatoms. The number of hydrogen-bond donors (Lipinski definition) is 1. The zero-order valence-electron chi connectivity index (χ0n) is 14.6. The van der Waals surface area contributed by atoms with Gasteiger partial charge in [0.25, 0.3) is 5.91 Å². The van der Waals surface area contributed by atoms with E-state index in [0.717, 1.165) is 32.2 Å². The number of methoxy groups -OCH3 is 1. The summed E-state index contributed by atoms with van der Waals surface area (Å²) in [7, 11) is 1.59. The molecular formula is C21H24N2O2. The molecule has 2 aromatic rings. The first-order chi connectivity index (χ1) is 12.2. The third-order valence-electron chi connectivity index (χ3n) is 5.68. The normalized spacial score (nSPS) is 22.0. The number of anilines is 1. The molecule has 1 saturated heterocycles. The highest BCUT2D eigenvalue weighted by molar-refractivity contribution is 5.96. The molecule has 0 radical (unpaired) electrons. The number of nitrogens with zero attached hydrogens (tertiary/aromatic N) is 1. The zero-order valence-corrected chi connectivity index (χ0v) is 14.6. The Labute approximate surface area is 148 Å². The van der Waals surface area contributed by atoms with E-state index in [0.29, 0.717) is 29.0 Å². The van der Waals surface area contributed by atoms with E-state index in [1.54, 1.807) is 19.2 Å². The molecule has 1 amide bonds. The van der Waals surface area contributed by atoms with E-state index in [1.807, 2.05) is 6.07 Å². The summed E-state index contributed by atoms with van der Waals surface area (Å²) in [4.78, 5) is 15.2. The summed E-state index contributed by atoms with van der Waals surface area (Å²) in [6.45, 7) is 0.827. The molecular weight excluding hydrogens is 312 g/mol. The molecule has 0 saturated carbocycles. The Bertz CT molecular complexity index is 802. The summed E-state index contributed by atoms with van der Waals surface area (Å²) in [5, 5.41) is 0. The fourth-order valence-corrected chi connectivity index (χ4v) is 4.49. The third-order valence-corrected chi connectivity index (χ3v) is 5.68. The van der Waals surface area contributed by atoms with Gasteiger partial charge in [0.2, 0.25) is 0 Å². The highest BCUT2D eigenvalue weighted by Gasteiger charge is 2.38. The second kappa shape index (κ2) is 6.43. The lowest BCUT2D eigenvalue weighted by molar-refractivity contribution is 0.0547. The number of likely N-dealkylation sites (tertiary alicyclic amines) is 1. The van der Waals surface area contributed by atoms with E-state index >= 15 is 0 Å². The molecule has 130 valence electrons. The van der Waals surface area contributed by atoms with Crippen molar-refractivity contribution in [3.8, 4) is 5.75 Å². The number of amides is 1. The fourth-order valence-electron chi connectivity index (χ4n) is 4.49. The molecule has 0 spiro atoms. The number of rotatable bonds is 2. The summed E-state index contributed by atoms with van der Waals surface area (Å²) < 4.78 is 5.20. The molecule has 2 aliphatic rings. The van der Waals surface area contributed by atoms with Gasteiger partial charge in [0.1, 0.15) is 5.75 Å². The molecule has 4 rings (SSSR count). The van der Waals surface area contributed by atoms with Gasteiger partial charge in [-0.2, -0.15) is 0 Å². The molecule has 1 fully saturated rings. The van der Waals surface area contributed by atoms with E-state index in [4.69, 9.17) is 10.5 Å². The van der Waals surface area contributed by atoms with E-state index in [9.17, 15) is 4.79 Å². The van der Waals surface area contributed by atoms with Crippen LogP contribution in [0.3, 0.4) is 0 Å². The second-order valence-electron chi connectivity index (χ2n) is 7.01. The SMILES string of the molecule is COc1ccc(C(=O)N2CCCC3c4ccccc4CC[C@@H]32)cc1N. The smallest absolute Gasteiger partial charge is 0.254 e. The second-order valence-corrected chi connectivity index (χ2v) is 7.01. The van der Waals surface area contributed by atoms with Gasteiger partial charge in [-0.05, 0) is 55.0 Å². The van der Waals surface area contributed by atoms with Crippen LogP contribution in [0.2, 0.25) is 0 Å². The molecule has 1 aliphatic heterocycles. The van der Waals surface area contributed by atoms with Crippen molar-refractivity contribution in [2.24, 2.45) is 0 Å². The first-order valence-electron chi connectivity index (χ1n) is 9.01. The third kappa shape index (κ3) is 2.76. The Morgan fingerprint density at radius 1 is 1.20 bits per heavy atom. The summed E-state index contributed by atoms with van der Waals surface area (Å²) >= 11 is 0. The first kappa shape index (κ1) is 16.0.